The average molecular weight is 330 g/mol. The monoisotopic (exact) mass is 330 g/mol. The summed E-state index contributed by atoms with van der Waals surface area (Å²) in [5, 5.41) is 11.1. The SMILES string of the molecule is COc1ncccc1N1NCc2cc(C(=O)O)c(OC(C)C)nc21. The standard InChI is InChI=1S/C16H18N4O4/c1-9(2)24-14-11(16(21)22)7-10-8-18-20(13(10)19-14)12-5-4-6-17-15(12)23-3/h4-7,9,18H,8H2,1-3H3,(H,21,22). The lowest BCUT2D eigenvalue weighted by atomic mass is 10.2. The zero-order chi connectivity index (χ0) is 17.3. The number of carbonyl (C=O) groups is 1. The number of hydrogen-bond acceptors (Lipinski definition) is 7. The third-order valence-corrected chi connectivity index (χ3v) is 3.45. The zero-order valence-corrected chi connectivity index (χ0v) is 13.6. The van der Waals surface area contributed by atoms with E-state index in [1.807, 2.05) is 19.9 Å². The highest BCUT2D eigenvalue weighted by atomic mass is 16.5. The second-order valence-electron chi connectivity index (χ2n) is 5.50. The zero-order valence-electron chi connectivity index (χ0n) is 13.6. The van der Waals surface area contributed by atoms with Gasteiger partial charge in [-0.3, -0.25) is 5.01 Å². The summed E-state index contributed by atoms with van der Waals surface area (Å²) in [5.74, 6) is 0.0291. The molecular formula is C16H18N4O4. The number of aromatic nitrogens is 2. The van der Waals surface area contributed by atoms with Crippen molar-refractivity contribution in [3.8, 4) is 11.8 Å². The van der Waals surface area contributed by atoms with Gasteiger partial charge in [0.25, 0.3) is 0 Å². The smallest absolute Gasteiger partial charge is 0.341 e. The molecule has 3 rings (SSSR count). The van der Waals surface area contributed by atoms with Crippen LogP contribution < -0.4 is 19.9 Å². The second kappa shape index (κ2) is 6.32. The van der Waals surface area contributed by atoms with Gasteiger partial charge in [0.05, 0.1) is 13.2 Å². The number of aromatic carboxylic acids is 1. The van der Waals surface area contributed by atoms with Crippen LogP contribution in [0.25, 0.3) is 0 Å². The van der Waals surface area contributed by atoms with E-state index in [1.54, 1.807) is 23.3 Å². The first-order valence-corrected chi connectivity index (χ1v) is 7.47. The number of methoxy groups -OCH3 is 1. The molecular weight excluding hydrogens is 312 g/mol. The molecule has 0 atom stereocenters. The van der Waals surface area contributed by atoms with Crippen LogP contribution in [-0.4, -0.2) is 34.3 Å². The van der Waals surface area contributed by atoms with E-state index in [4.69, 9.17) is 9.47 Å². The molecule has 0 unspecified atom stereocenters. The number of hydrogen-bond donors (Lipinski definition) is 2. The van der Waals surface area contributed by atoms with E-state index in [2.05, 4.69) is 15.4 Å². The Morgan fingerprint density at radius 2 is 2.21 bits per heavy atom. The maximum atomic E-state index is 11.5. The molecule has 0 bridgehead atoms. The predicted octanol–water partition coefficient (Wildman–Crippen LogP) is 2.13. The van der Waals surface area contributed by atoms with E-state index < -0.39 is 5.97 Å². The van der Waals surface area contributed by atoms with Gasteiger partial charge in [-0.05, 0) is 32.0 Å². The Balaban J connectivity index is 2.09. The summed E-state index contributed by atoms with van der Waals surface area (Å²) in [6, 6.07) is 5.20. The Bertz CT molecular complexity index is 779. The molecule has 2 N–H and O–H groups in total. The molecule has 3 heterocycles. The van der Waals surface area contributed by atoms with Crippen molar-refractivity contribution in [3.05, 3.63) is 35.5 Å². The maximum Gasteiger partial charge on any atom is 0.341 e. The fraction of sp³-hybridized carbons (Fsp3) is 0.312. The Labute approximate surface area is 139 Å². The fourth-order valence-corrected chi connectivity index (χ4v) is 2.47. The lowest BCUT2D eigenvalue weighted by Gasteiger charge is -2.21. The number of carboxylic acid groups (broad SMARTS) is 1. The van der Waals surface area contributed by atoms with Crippen LogP contribution >= 0.6 is 0 Å². The fourth-order valence-electron chi connectivity index (χ4n) is 2.47. The Kier molecular flexibility index (Phi) is 4.22. The molecule has 0 fully saturated rings. The van der Waals surface area contributed by atoms with Gasteiger partial charge in [-0.2, -0.15) is 4.98 Å². The van der Waals surface area contributed by atoms with Crippen LogP contribution in [0.1, 0.15) is 29.8 Å². The van der Waals surface area contributed by atoms with Gasteiger partial charge in [-0.25, -0.2) is 15.2 Å². The van der Waals surface area contributed by atoms with Gasteiger partial charge >= 0.3 is 5.97 Å². The maximum absolute atomic E-state index is 11.5. The third kappa shape index (κ3) is 2.83. The minimum absolute atomic E-state index is 0.0456. The van der Waals surface area contributed by atoms with Gasteiger partial charge in [0.2, 0.25) is 11.8 Å². The van der Waals surface area contributed by atoms with E-state index in [0.29, 0.717) is 23.9 Å². The number of hydrazine groups is 1. The van der Waals surface area contributed by atoms with E-state index in [0.717, 1.165) is 5.56 Å². The molecule has 0 aromatic carbocycles. The van der Waals surface area contributed by atoms with Crippen molar-refractivity contribution >= 4 is 17.5 Å². The van der Waals surface area contributed by atoms with Crippen molar-refractivity contribution in [2.24, 2.45) is 0 Å². The lowest BCUT2D eigenvalue weighted by molar-refractivity contribution is 0.0689. The van der Waals surface area contributed by atoms with Gasteiger partial charge in [-0.15, -0.1) is 0 Å². The highest BCUT2D eigenvalue weighted by molar-refractivity contribution is 5.91. The number of fused-ring (bicyclic) bond motifs is 1. The number of anilines is 2. The summed E-state index contributed by atoms with van der Waals surface area (Å²) >= 11 is 0. The predicted molar refractivity (Wildman–Crippen MR) is 86.7 cm³/mol. The number of rotatable bonds is 5. The van der Waals surface area contributed by atoms with Crippen molar-refractivity contribution in [2.75, 3.05) is 12.1 Å². The molecule has 8 heteroatoms. The van der Waals surface area contributed by atoms with Crippen LogP contribution in [-0.2, 0) is 6.54 Å². The van der Waals surface area contributed by atoms with Gasteiger partial charge in [-0.1, -0.05) is 0 Å². The quantitative estimate of drug-likeness (QED) is 0.860. The van der Waals surface area contributed by atoms with Crippen molar-refractivity contribution < 1.29 is 19.4 Å². The van der Waals surface area contributed by atoms with Gasteiger partial charge in [0.1, 0.15) is 11.3 Å². The first-order chi connectivity index (χ1) is 11.5. The Morgan fingerprint density at radius 3 is 2.88 bits per heavy atom. The lowest BCUT2D eigenvalue weighted by Crippen LogP contribution is -2.28. The first kappa shape index (κ1) is 16.0. The minimum Gasteiger partial charge on any atom is -0.479 e. The molecule has 0 saturated carbocycles. The number of pyridine rings is 2. The summed E-state index contributed by atoms with van der Waals surface area (Å²) in [5.41, 5.74) is 4.65. The average Bonchev–Trinajstić information content (AvgIpc) is 2.96. The molecule has 2 aromatic heterocycles. The van der Waals surface area contributed by atoms with Crippen LogP contribution in [0.2, 0.25) is 0 Å². The van der Waals surface area contributed by atoms with Crippen molar-refractivity contribution in [1.82, 2.24) is 15.4 Å². The number of ether oxygens (including phenoxy) is 2. The van der Waals surface area contributed by atoms with Crippen molar-refractivity contribution in [2.45, 2.75) is 26.5 Å². The number of nitrogens with zero attached hydrogens (tertiary/aromatic N) is 3. The van der Waals surface area contributed by atoms with Crippen LogP contribution in [0, 0.1) is 0 Å². The molecule has 0 spiro atoms. The Morgan fingerprint density at radius 1 is 1.42 bits per heavy atom. The summed E-state index contributed by atoms with van der Waals surface area (Å²) in [6.45, 7) is 4.09. The summed E-state index contributed by atoms with van der Waals surface area (Å²) in [7, 11) is 1.54. The van der Waals surface area contributed by atoms with Crippen LogP contribution in [0.3, 0.4) is 0 Å². The molecule has 0 saturated heterocycles. The van der Waals surface area contributed by atoms with Gasteiger partial charge in [0.15, 0.2) is 5.82 Å². The Hall–Kier alpha value is -2.87. The minimum atomic E-state index is -1.07. The summed E-state index contributed by atoms with van der Waals surface area (Å²) in [4.78, 5) is 20.1. The molecule has 0 aliphatic carbocycles. The molecule has 0 amide bonds. The second-order valence-corrected chi connectivity index (χ2v) is 5.50. The highest BCUT2D eigenvalue weighted by Crippen LogP contribution is 2.37. The molecule has 24 heavy (non-hydrogen) atoms. The van der Waals surface area contributed by atoms with E-state index in [-0.39, 0.29) is 17.5 Å². The van der Waals surface area contributed by atoms with Crippen LogP contribution in [0.5, 0.6) is 11.8 Å². The largest absolute Gasteiger partial charge is 0.479 e. The van der Waals surface area contributed by atoms with E-state index in [1.165, 1.54) is 7.11 Å². The number of nitrogens with one attached hydrogen (secondary N) is 1. The molecule has 2 aromatic rings. The van der Waals surface area contributed by atoms with Crippen molar-refractivity contribution in [3.63, 3.8) is 0 Å². The molecule has 0 radical (unpaired) electrons. The van der Waals surface area contributed by atoms with Gasteiger partial charge < -0.3 is 14.6 Å². The highest BCUT2D eigenvalue weighted by Gasteiger charge is 2.28. The molecule has 1 aliphatic heterocycles. The molecule has 126 valence electrons. The van der Waals surface area contributed by atoms with E-state index >= 15 is 0 Å². The summed E-state index contributed by atoms with van der Waals surface area (Å²) < 4.78 is 10.9. The van der Waals surface area contributed by atoms with Crippen LogP contribution in [0.15, 0.2) is 24.4 Å². The normalized spacial score (nSPS) is 13.1. The first-order valence-electron chi connectivity index (χ1n) is 7.47. The topological polar surface area (TPSA) is 96.8 Å². The van der Waals surface area contributed by atoms with Crippen LogP contribution in [0.4, 0.5) is 11.5 Å². The molecule has 1 aliphatic rings. The molecule has 8 nitrogen and oxygen atoms in total. The van der Waals surface area contributed by atoms with Gasteiger partial charge in [0, 0.05) is 18.3 Å². The van der Waals surface area contributed by atoms with E-state index in [9.17, 15) is 9.90 Å². The third-order valence-electron chi connectivity index (χ3n) is 3.45. The van der Waals surface area contributed by atoms with Crippen molar-refractivity contribution in [1.29, 1.82) is 0 Å². The summed E-state index contributed by atoms with van der Waals surface area (Å²) in [6.07, 6.45) is 1.44. The number of carboxylic acids is 1.